The highest BCUT2D eigenvalue weighted by Crippen LogP contribution is 2.27. The highest BCUT2D eigenvalue weighted by atomic mass is 19.2. The Hall–Kier alpha value is -1.69. The smallest absolute Gasteiger partial charge is 0.340 e. The Labute approximate surface area is 103 Å². The van der Waals surface area contributed by atoms with E-state index in [4.69, 9.17) is 5.11 Å². The van der Waals surface area contributed by atoms with Crippen LogP contribution in [0.15, 0.2) is 12.1 Å². The van der Waals surface area contributed by atoms with Gasteiger partial charge in [0.05, 0.1) is 24.5 Å². The maximum absolute atomic E-state index is 13.7. The van der Waals surface area contributed by atoms with Crippen LogP contribution in [0, 0.1) is 11.6 Å². The summed E-state index contributed by atoms with van der Waals surface area (Å²) in [6.45, 7) is 0. The first-order valence-electron chi connectivity index (χ1n) is 5.54. The summed E-state index contributed by atoms with van der Waals surface area (Å²) in [6.07, 6.45) is 0.615. The number of rotatable bonds is 3. The number of carbonyl (C=O) groups excluding carboxylic acids is 1. The molecule has 1 aliphatic carbocycles. The van der Waals surface area contributed by atoms with Crippen LogP contribution in [-0.2, 0) is 4.74 Å². The number of aliphatic hydroxyl groups excluding tert-OH is 1. The molecule has 98 valence electrons. The number of benzene rings is 1. The number of esters is 1. The average Bonchev–Trinajstić information content (AvgIpc) is 2.32. The molecule has 1 saturated carbocycles. The van der Waals surface area contributed by atoms with Gasteiger partial charge in [0.15, 0.2) is 11.6 Å². The van der Waals surface area contributed by atoms with Crippen molar-refractivity contribution >= 4 is 11.7 Å². The van der Waals surface area contributed by atoms with Crippen LogP contribution in [0.4, 0.5) is 14.5 Å². The monoisotopic (exact) mass is 257 g/mol. The summed E-state index contributed by atoms with van der Waals surface area (Å²) >= 11 is 0. The van der Waals surface area contributed by atoms with E-state index in [0.29, 0.717) is 12.8 Å². The average molecular weight is 257 g/mol. The predicted molar refractivity (Wildman–Crippen MR) is 60.3 cm³/mol. The van der Waals surface area contributed by atoms with Crippen LogP contribution >= 0.6 is 0 Å². The van der Waals surface area contributed by atoms with Crippen molar-refractivity contribution in [1.82, 2.24) is 0 Å². The Morgan fingerprint density at radius 3 is 2.61 bits per heavy atom. The minimum Gasteiger partial charge on any atom is -0.465 e. The fourth-order valence-corrected chi connectivity index (χ4v) is 1.85. The largest absolute Gasteiger partial charge is 0.465 e. The zero-order valence-corrected chi connectivity index (χ0v) is 9.74. The van der Waals surface area contributed by atoms with Crippen molar-refractivity contribution in [3.8, 4) is 0 Å². The molecular weight excluding hydrogens is 244 g/mol. The molecule has 0 amide bonds. The number of hydrogen-bond donors (Lipinski definition) is 2. The van der Waals surface area contributed by atoms with E-state index in [9.17, 15) is 13.6 Å². The zero-order chi connectivity index (χ0) is 13.3. The fourth-order valence-electron chi connectivity index (χ4n) is 1.85. The molecule has 0 atom stereocenters. The Balaban J connectivity index is 2.18. The summed E-state index contributed by atoms with van der Waals surface area (Å²) in [4.78, 5) is 11.1. The van der Waals surface area contributed by atoms with Gasteiger partial charge in [-0.1, -0.05) is 0 Å². The van der Waals surface area contributed by atoms with Gasteiger partial charge in [0.25, 0.3) is 0 Å². The van der Waals surface area contributed by atoms with E-state index < -0.39 is 23.2 Å². The van der Waals surface area contributed by atoms with Gasteiger partial charge >= 0.3 is 5.97 Å². The molecule has 1 aliphatic rings. The van der Waals surface area contributed by atoms with Crippen molar-refractivity contribution in [2.24, 2.45) is 0 Å². The standard InChI is InChI=1S/C12H13F2NO3/c1-18-12(17)8-2-3-9(11(14)10(8)13)15-6-4-7(16)5-6/h2-3,6-7,15-16H,4-5H2,1H3. The molecule has 0 radical (unpaired) electrons. The van der Waals surface area contributed by atoms with Gasteiger partial charge in [-0.15, -0.1) is 0 Å². The lowest BCUT2D eigenvalue weighted by molar-refractivity contribution is 0.0594. The molecular formula is C12H13F2NO3. The Morgan fingerprint density at radius 2 is 2.06 bits per heavy atom. The van der Waals surface area contributed by atoms with E-state index in [1.807, 2.05) is 0 Å². The van der Waals surface area contributed by atoms with Gasteiger partial charge < -0.3 is 15.2 Å². The lowest BCUT2D eigenvalue weighted by Gasteiger charge is -2.32. The summed E-state index contributed by atoms with van der Waals surface area (Å²) in [5, 5.41) is 11.9. The molecule has 18 heavy (non-hydrogen) atoms. The molecule has 2 rings (SSSR count). The molecule has 0 aliphatic heterocycles. The lowest BCUT2D eigenvalue weighted by atomic mass is 9.89. The second-order valence-corrected chi connectivity index (χ2v) is 4.25. The van der Waals surface area contributed by atoms with E-state index in [0.717, 1.165) is 7.11 Å². The van der Waals surface area contributed by atoms with Gasteiger partial charge in [-0.2, -0.15) is 0 Å². The van der Waals surface area contributed by atoms with Crippen molar-refractivity contribution in [1.29, 1.82) is 0 Å². The summed E-state index contributed by atoms with van der Waals surface area (Å²) in [5.41, 5.74) is -0.453. The number of anilines is 1. The van der Waals surface area contributed by atoms with Crippen molar-refractivity contribution in [2.75, 3.05) is 12.4 Å². The first-order chi connectivity index (χ1) is 8.52. The van der Waals surface area contributed by atoms with Gasteiger partial charge in [-0.05, 0) is 25.0 Å². The fraction of sp³-hybridized carbons (Fsp3) is 0.417. The molecule has 6 heteroatoms. The molecule has 1 aromatic carbocycles. The first kappa shape index (κ1) is 12.8. The van der Waals surface area contributed by atoms with E-state index in [1.165, 1.54) is 12.1 Å². The quantitative estimate of drug-likeness (QED) is 0.809. The predicted octanol–water partition coefficient (Wildman–Crippen LogP) is 1.69. The SMILES string of the molecule is COC(=O)c1ccc(NC2CC(O)C2)c(F)c1F. The second-order valence-electron chi connectivity index (χ2n) is 4.25. The van der Waals surface area contributed by atoms with Gasteiger partial charge in [-0.3, -0.25) is 0 Å². The Morgan fingerprint density at radius 1 is 1.39 bits per heavy atom. The van der Waals surface area contributed by atoms with E-state index in [1.54, 1.807) is 0 Å². The van der Waals surface area contributed by atoms with Crippen LogP contribution in [0.5, 0.6) is 0 Å². The van der Waals surface area contributed by atoms with Crippen LogP contribution in [0.2, 0.25) is 0 Å². The highest BCUT2D eigenvalue weighted by molar-refractivity contribution is 5.90. The van der Waals surface area contributed by atoms with Crippen molar-refractivity contribution in [2.45, 2.75) is 25.0 Å². The second kappa shape index (κ2) is 4.89. The van der Waals surface area contributed by atoms with Gasteiger partial charge in [-0.25, -0.2) is 13.6 Å². The first-order valence-corrected chi connectivity index (χ1v) is 5.54. The number of aliphatic hydroxyl groups is 1. The normalized spacial score (nSPS) is 22.2. The van der Waals surface area contributed by atoms with Crippen LogP contribution in [0.3, 0.4) is 0 Å². The molecule has 4 nitrogen and oxygen atoms in total. The Kier molecular flexibility index (Phi) is 3.47. The third-order valence-corrected chi connectivity index (χ3v) is 2.96. The molecule has 2 N–H and O–H groups in total. The van der Waals surface area contributed by atoms with Crippen LogP contribution < -0.4 is 5.32 Å². The van der Waals surface area contributed by atoms with E-state index in [2.05, 4.69) is 10.1 Å². The van der Waals surface area contributed by atoms with Crippen molar-refractivity contribution in [3.63, 3.8) is 0 Å². The third-order valence-electron chi connectivity index (χ3n) is 2.96. The molecule has 0 heterocycles. The van der Waals surface area contributed by atoms with Gasteiger partial charge in [0, 0.05) is 6.04 Å². The number of carbonyl (C=O) groups is 1. The third kappa shape index (κ3) is 2.28. The van der Waals surface area contributed by atoms with Crippen molar-refractivity contribution in [3.05, 3.63) is 29.3 Å². The summed E-state index contributed by atoms with van der Waals surface area (Å²) in [7, 11) is 1.10. The van der Waals surface area contributed by atoms with Gasteiger partial charge in [0.2, 0.25) is 0 Å². The Bertz CT molecular complexity index is 473. The van der Waals surface area contributed by atoms with E-state index in [-0.39, 0.29) is 17.8 Å². The van der Waals surface area contributed by atoms with Crippen LogP contribution in [-0.4, -0.2) is 30.3 Å². The van der Waals surface area contributed by atoms with Crippen LogP contribution in [0.1, 0.15) is 23.2 Å². The number of methoxy groups -OCH3 is 1. The summed E-state index contributed by atoms with van der Waals surface area (Å²) < 4.78 is 31.6. The number of hydrogen-bond acceptors (Lipinski definition) is 4. The number of ether oxygens (including phenoxy) is 1. The summed E-state index contributed by atoms with van der Waals surface area (Å²) in [6, 6.07) is 2.38. The maximum Gasteiger partial charge on any atom is 0.340 e. The number of nitrogens with one attached hydrogen (secondary N) is 1. The minimum atomic E-state index is -1.23. The minimum absolute atomic E-state index is 0.0166. The zero-order valence-electron chi connectivity index (χ0n) is 9.74. The van der Waals surface area contributed by atoms with E-state index >= 15 is 0 Å². The molecule has 1 fully saturated rings. The molecule has 0 unspecified atom stereocenters. The molecule has 0 saturated heterocycles. The molecule has 0 spiro atoms. The van der Waals surface area contributed by atoms with Crippen molar-refractivity contribution < 1.29 is 23.4 Å². The molecule has 0 bridgehead atoms. The highest BCUT2D eigenvalue weighted by Gasteiger charge is 2.28. The van der Waals surface area contributed by atoms with Gasteiger partial charge in [0.1, 0.15) is 0 Å². The topological polar surface area (TPSA) is 58.6 Å². The number of halogens is 2. The maximum atomic E-state index is 13.7. The van der Waals surface area contributed by atoms with Crippen LogP contribution in [0.25, 0.3) is 0 Å². The molecule has 1 aromatic rings. The summed E-state index contributed by atoms with van der Waals surface area (Å²) in [5.74, 6) is -3.26. The molecule has 0 aromatic heterocycles. The lowest BCUT2D eigenvalue weighted by Crippen LogP contribution is -2.39.